The lowest BCUT2D eigenvalue weighted by Crippen LogP contribution is -2.65. The highest BCUT2D eigenvalue weighted by molar-refractivity contribution is 6.98. The summed E-state index contributed by atoms with van der Waals surface area (Å²) in [6.45, 7) is 6.57. The van der Waals surface area contributed by atoms with Crippen LogP contribution in [0.15, 0.2) is 60.7 Å². The van der Waals surface area contributed by atoms with Crippen LogP contribution in [0.25, 0.3) is 0 Å². The van der Waals surface area contributed by atoms with Crippen molar-refractivity contribution in [3.63, 3.8) is 0 Å². The van der Waals surface area contributed by atoms with Crippen molar-refractivity contribution in [1.82, 2.24) is 0 Å². The summed E-state index contributed by atoms with van der Waals surface area (Å²) in [6.07, 6.45) is 5.90. The average Bonchev–Trinajstić information content (AvgIpc) is 2.66. The van der Waals surface area contributed by atoms with Crippen LogP contribution in [0.1, 0.15) is 52.9 Å². The van der Waals surface area contributed by atoms with E-state index in [1.54, 1.807) is 0 Å². The first-order chi connectivity index (χ1) is 12.4. The largest absolute Gasteiger partial charge is 0.424 e. The zero-order chi connectivity index (χ0) is 19.0. The summed E-state index contributed by atoms with van der Waals surface area (Å²) in [5, 5.41) is 1.97. The van der Waals surface area contributed by atoms with Gasteiger partial charge in [-0.25, -0.2) is 0 Å². The monoisotopic (exact) mass is 368 g/mol. The van der Waals surface area contributed by atoms with Gasteiger partial charge in [0.1, 0.15) is 6.29 Å². The van der Waals surface area contributed by atoms with Gasteiger partial charge in [-0.05, 0) is 27.8 Å². The fourth-order valence-corrected chi connectivity index (χ4v) is 7.61. The third-order valence-corrected chi connectivity index (χ3v) is 10.2. The van der Waals surface area contributed by atoms with E-state index in [0.29, 0.717) is 12.3 Å². The van der Waals surface area contributed by atoms with Gasteiger partial charge in [0.15, 0.2) is 0 Å². The highest BCUT2D eigenvalue weighted by atomic mass is 28.4. The molecule has 140 valence electrons. The van der Waals surface area contributed by atoms with E-state index in [9.17, 15) is 9.59 Å². The molecule has 0 aliphatic heterocycles. The topological polar surface area (TPSA) is 37.3 Å². The minimum atomic E-state index is -2.88. The second-order valence-electron chi connectivity index (χ2n) is 8.08. The van der Waals surface area contributed by atoms with Crippen LogP contribution in [0.4, 0.5) is 0 Å². The fourth-order valence-electron chi connectivity index (χ4n) is 3.83. The van der Waals surface area contributed by atoms with Crippen LogP contribution in [0.3, 0.4) is 0 Å². The molecular weight excluding hydrogens is 336 g/mol. The van der Waals surface area contributed by atoms with Gasteiger partial charge < -0.3 is 9.59 Å². The van der Waals surface area contributed by atoms with Gasteiger partial charge in [0.2, 0.25) is 0 Å². The van der Waals surface area contributed by atoms with Crippen LogP contribution in [0.5, 0.6) is 0 Å². The third kappa shape index (κ3) is 4.71. The standard InChI is InChI=1S/C23H32O2Si/c1-20(17-19-24)12-10-11-18-23(2,3)26(25,21-13-6-4-7-14-21)22-15-8-5-9-16-22/h4-9,13-16,19-20,25H,10-12,17-18H2,1-3H3/t20-/m0/s1. The Morgan fingerprint density at radius 2 is 1.46 bits per heavy atom. The molecule has 2 nitrogen and oxygen atoms in total. The summed E-state index contributed by atoms with van der Waals surface area (Å²) < 4.78 is 0. The molecule has 0 spiro atoms. The lowest BCUT2D eigenvalue weighted by Gasteiger charge is -2.41. The Kier molecular flexibility index (Phi) is 7.36. The predicted molar refractivity (Wildman–Crippen MR) is 112 cm³/mol. The number of hydrogen-bond donors (Lipinski definition) is 1. The van der Waals surface area contributed by atoms with Crippen LogP contribution in [0.2, 0.25) is 5.04 Å². The zero-order valence-corrected chi connectivity index (χ0v) is 17.3. The molecule has 2 aromatic rings. The summed E-state index contributed by atoms with van der Waals surface area (Å²) in [6, 6.07) is 20.4. The molecule has 0 amide bonds. The smallest absolute Gasteiger partial charge is 0.258 e. The number of benzene rings is 2. The van der Waals surface area contributed by atoms with Gasteiger partial charge in [-0.15, -0.1) is 0 Å². The molecule has 1 N–H and O–H groups in total. The minimum absolute atomic E-state index is 0.177. The average molecular weight is 369 g/mol. The molecule has 3 heteroatoms. The maximum absolute atomic E-state index is 12.1. The first-order valence-electron chi connectivity index (χ1n) is 9.69. The molecule has 0 radical (unpaired) electrons. The van der Waals surface area contributed by atoms with E-state index in [1.165, 1.54) is 0 Å². The summed E-state index contributed by atoms with van der Waals surface area (Å²) in [5.74, 6) is 0.454. The van der Waals surface area contributed by atoms with Crippen molar-refractivity contribution < 1.29 is 9.59 Å². The second kappa shape index (κ2) is 9.29. The Morgan fingerprint density at radius 3 is 1.92 bits per heavy atom. The van der Waals surface area contributed by atoms with E-state index in [0.717, 1.165) is 42.3 Å². The lowest BCUT2D eigenvalue weighted by atomic mass is 9.98. The Morgan fingerprint density at radius 1 is 0.962 bits per heavy atom. The van der Waals surface area contributed by atoms with Gasteiger partial charge in [0.05, 0.1) is 0 Å². The number of carbonyl (C=O) groups is 1. The van der Waals surface area contributed by atoms with Gasteiger partial charge in [0, 0.05) is 6.42 Å². The maximum atomic E-state index is 12.1. The van der Waals surface area contributed by atoms with E-state index in [-0.39, 0.29) is 5.04 Å². The number of aldehydes is 1. The molecule has 0 unspecified atom stereocenters. The van der Waals surface area contributed by atoms with Crippen molar-refractivity contribution in [1.29, 1.82) is 0 Å². The molecule has 0 saturated heterocycles. The Balaban J connectivity index is 2.20. The van der Waals surface area contributed by atoms with E-state index < -0.39 is 8.32 Å². The van der Waals surface area contributed by atoms with Crippen molar-refractivity contribution >= 4 is 25.0 Å². The fraction of sp³-hybridized carbons (Fsp3) is 0.435. The Bertz CT molecular complexity index is 628. The number of rotatable bonds is 10. The number of unbranched alkanes of at least 4 members (excludes halogenated alkanes) is 1. The van der Waals surface area contributed by atoms with Crippen molar-refractivity contribution in [3.8, 4) is 0 Å². The quantitative estimate of drug-likeness (QED) is 0.385. The highest BCUT2D eigenvalue weighted by Gasteiger charge is 2.49. The van der Waals surface area contributed by atoms with Gasteiger partial charge in [-0.2, -0.15) is 0 Å². The van der Waals surface area contributed by atoms with E-state index in [1.807, 2.05) is 36.4 Å². The molecule has 0 aromatic heterocycles. The normalized spacial score (nSPS) is 13.4. The minimum Gasteiger partial charge on any atom is -0.424 e. The number of carbonyl (C=O) groups excluding carboxylic acids is 1. The number of hydrogen-bond acceptors (Lipinski definition) is 2. The zero-order valence-electron chi connectivity index (χ0n) is 16.3. The van der Waals surface area contributed by atoms with Gasteiger partial charge >= 0.3 is 0 Å². The van der Waals surface area contributed by atoms with Crippen LogP contribution in [0, 0.1) is 5.92 Å². The van der Waals surface area contributed by atoms with E-state index in [4.69, 9.17) is 0 Å². The maximum Gasteiger partial charge on any atom is 0.258 e. The third-order valence-electron chi connectivity index (χ3n) is 5.61. The molecule has 0 bridgehead atoms. The molecule has 0 heterocycles. The van der Waals surface area contributed by atoms with E-state index in [2.05, 4.69) is 45.0 Å². The molecule has 2 rings (SSSR count). The van der Waals surface area contributed by atoms with Crippen LogP contribution in [-0.4, -0.2) is 19.4 Å². The molecule has 1 atom stereocenters. The first-order valence-corrected chi connectivity index (χ1v) is 11.6. The predicted octanol–water partition coefficient (Wildman–Crippen LogP) is 4.30. The van der Waals surface area contributed by atoms with Crippen molar-refractivity contribution in [2.45, 2.75) is 57.9 Å². The van der Waals surface area contributed by atoms with Crippen molar-refractivity contribution in [2.24, 2.45) is 5.92 Å². The van der Waals surface area contributed by atoms with Crippen molar-refractivity contribution in [2.75, 3.05) is 0 Å². The Hall–Kier alpha value is -1.71. The van der Waals surface area contributed by atoms with E-state index >= 15 is 0 Å². The van der Waals surface area contributed by atoms with Crippen LogP contribution >= 0.6 is 0 Å². The van der Waals surface area contributed by atoms with Crippen molar-refractivity contribution in [3.05, 3.63) is 60.7 Å². The second-order valence-corrected chi connectivity index (χ2v) is 12.0. The first kappa shape index (κ1) is 20.6. The molecule has 0 saturated carbocycles. The lowest BCUT2D eigenvalue weighted by molar-refractivity contribution is -0.108. The highest BCUT2D eigenvalue weighted by Crippen LogP contribution is 2.40. The molecule has 2 aromatic carbocycles. The van der Waals surface area contributed by atoms with Crippen LogP contribution < -0.4 is 10.4 Å². The van der Waals surface area contributed by atoms with Crippen LogP contribution in [-0.2, 0) is 4.79 Å². The van der Waals surface area contributed by atoms with Gasteiger partial charge in [0.25, 0.3) is 8.32 Å². The molecule has 0 aliphatic rings. The molecule has 0 aliphatic carbocycles. The summed E-state index contributed by atoms with van der Waals surface area (Å²) in [5.41, 5.74) is 0. The molecule has 0 fully saturated rings. The summed E-state index contributed by atoms with van der Waals surface area (Å²) in [4.78, 5) is 22.7. The summed E-state index contributed by atoms with van der Waals surface area (Å²) in [7, 11) is -2.88. The molecular formula is C23H32O2Si. The Labute approximate surface area is 159 Å². The van der Waals surface area contributed by atoms with Gasteiger partial charge in [-0.1, -0.05) is 101 Å². The molecule has 26 heavy (non-hydrogen) atoms. The van der Waals surface area contributed by atoms with Gasteiger partial charge in [-0.3, -0.25) is 0 Å². The summed E-state index contributed by atoms with van der Waals surface area (Å²) >= 11 is 0. The SMILES string of the molecule is C[C@H](CC=O)CCCCC(C)(C)[Si](O)(c1ccccc1)c1ccccc1.